The summed E-state index contributed by atoms with van der Waals surface area (Å²) < 4.78 is 0. The van der Waals surface area contributed by atoms with Crippen LogP contribution in [0.5, 0.6) is 0 Å². The van der Waals surface area contributed by atoms with E-state index >= 15 is 0 Å². The van der Waals surface area contributed by atoms with Crippen molar-refractivity contribution in [3.8, 4) is 0 Å². The third kappa shape index (κ3) is 3.79. The van der Waals surface area contributed by atoms with Crippen molar-refractivity contribution in [1.82, 2.24) is 15.2 Å². The lowest BCUT2D eigenvalue weighted by Gasteiger charge is -2.32. The summed E-state index contributed by atoms with van der Waals surface area (Å²) in [6, 6.07) is 0.237. The van der Waals surface area contributed by atoms with Crippen molar-refractivity contribution >= 4 is 17.5 Å². The topological polar surface area (TPSA) is 65.0 Å². The number of likely N-dealkylation sites (tertiary alicyclic amines) is 1. The Morgan fingerprint density at radius 3 is 2.65 bits per heavy atom. The third-order valence-electron chi connectivity index (χ3n) is 3.93. The molecule has 0 atom stereocenters. The van der Waals surface area contributed by atoms with E-state index in [-0.39, 0.29) is 17.9 Å². The van der Waals surface area contributed by atoms with Crippen molar-refractivity contribution in [2.45, 2.75) is 45.1 Å². The minimum absolute atomic E-state index is 0.0329. The molecular weight excluding hydrogens is 256 g/mol. The highest BCUT2D eigenvalue weighted by molar-refractivity contribution is 6.39. The highest BCUT2D eigenvalue weighted by Gasteiger charge is 2.25. The summed E-state index contributed by atoms with van der Waals surface area (Å²) in [7, 11) is 1.60. The summed E-state index contributed by atoms with van der Waals surface area (Å²) in [5.41, 5.74) is 0.475. The number of rotatable bonds is 4. The first kappa shape index (κ1) is 15.0. The van der Waals surface area contributed by atoms with Crippen molar-refractivity contribution in [3.63, 3.8) is 0 Å². The molecule has 0 radical (unpaired) electrons. The molecule has 112 valence electrons. The molecule has 2 amide bonds. The maximum Gasteiger partial charge on any atom is 0.267 e. The number of nitrogens with zero attached hydrogens (tertiary/aromatic N) is 3. The summed E-state index contributed by atoms with van der Waals surface area (Å²) in [6.45, 7) is 5.42. The summed E-state index contributed by atoms with van der Waals surface area (Å²) in [4.78, 5) is 25.9. The van der Waals surface area contributed by atoms with Crippen LogP contribution in [0.25, 0.3) is 0 Å². The average Bonchev–Trinajstić information content (AvgIpc) is 2.44. The van der Waals surface area contributed by atoms with Crippen LogP contribution in [0, 0.1) is 0 Å². The standard InChI is InChI=1S/C14H24N4O2/c1-3-8-18-9-6-11(7-10-18)15-14(20)12-4-5-13(19)17(2)16-12/h11H,3-10H2,1-2H3,(H,15,20). The van der Waals surface area contributed by atoms with Gasteiger partial charge in [0.2, 0.25) is 5.91 Å². The molecule has 20 heavy (non-hydrogen) atoms. The predicted octanol–water partition coefficient (Wildman–Crippen LogP) is 0.585. The second-order valence-corrected chi connectivity index (χ2v) is 5.55. The molecule has 2 aliphatic heterocycles. The van der Waals surface area contributed by atoms with E-state index in [0.29, 0.717) is 18.6 Å². The SMILES string of the molecule is CCCN1CCC(NC(=O)C2=NN(C)C(=O)CC2)CC1. The minimum Gasteiger partial charge on any atom is -0.348 e. The van der Waals surface area contributed by atoms with Crippen molar-refractivity contribution in [1.29, 1.82) is 0 Å². The number of nitrogens with one attached hydrogen (secondary N) is 1. The molecule has 2 aliphatic rings. The highest BCUT2D eigenvalue weighted by Crippen LogP contribution is 2.12. The van der Waals surface area contributed by atoms with Gasteiger partial charge in [0.1, 0.15) is 5.71 Å². The van der Waals surface area contributed by atoms with E-state index in [9.17, 15) is 9.59 Å². The molecule has 1 fully saturated rings. The van der Waals surface area contributed by atoms with E-state index in [1.54, 1.807) is 7.05 Å². The van der Waals surface area contributed by atoms with Gasteiger partial charge in [0, 0.05) is 39.0 Å². The molecular formula is C14H24N4O2. The normalized spacial score (nSPS) is 21.8. The smallest absolute Gasteiger partial charge is 0.267 e. The van der Waals surface area contributed by atoms with Crippen LogP contribution in [0.4, 0.5) is 0 Å². The second kappa shape index (κ2) is 6.83. The number of hydrazone groups is 1. The Balaban J connectivity index is 1.81. The quantitative estimate of drug-likeness (QED) is 0.819. The van der Waals surface area contributed by atoms with Crippen LogP contribution in [-0.2, 0) is 9.59 Å². The second-order valence-electron chi connectivity index (χ2n) is 5.55. The molecule has 1 saturated heterocycles. The Morgan fingerprint density at radius 2 is 2.05 bits per heavy atom. The molecule has 0 unspecified atom stereocenters. The van der Waals surface area contributed by atoms with Gasteiger partial charge in [-0.1, -0.05) is 6.92 Å². The number of carbonyl (C=O) groups excluding carboxylic acids is 2. The van der Waals surface area contributed by atoms with Gasteiger partial charge in [-0.2, -0.15) is 5.10 Å². The largest absolute Gasteiger partial charge is 0.348 e. The third-order valence-corrected chi connectivity index (χ3v) is 3.93. The predicted molar refractivity (Wildman–Crippen MR) is 77.3 cm³/mol. The number of piperidine rings is 1. The van der Waals surface area contributed by atoms with E-state index in [1.165, 1.54) is 11.4 Å². The van der Waals surface area contributed by atoms with Crippen molar-refractivity contribution in [3.05, 3.63) is 0 Å². The molecule has 6 heteroatoms. The van der Waals surface area contributed by atoms with E-state index in [4.69, 9.17) is 0 Å². The molecule has 0 bridgehead atoms. The fourth-order valence-electron chi connectivity index (χ4n) is 2.72. The fourth-order valence-corrected chi connectivity index (χ4v) is 2.72. The molecule has 2 rings (SSSR count). The zero-order chi connectivity index (χ0) is 14.5. The van der Waals surface area contributed by atoms with Gasteiger partial charge in [0.15, 0.2) is 0 Å². The zero-order valence-corrected chi connectivity index (χ0v) is 12.4. The Hall–Kier alpha value is -1.43. The summed E-state index contributed by atoms with van der Waals surface area (Å²) in [5.74, 6) is -0.146. The van der Waals surface area contributed by atoms with E-state index in [1.807, 2.05) is 0 Å². The minimum atomic E-state index is -0.113. The van der Waals surface area contributed by atoms with E-state index in [0.717, 1.165) is 32.5 Å². The number of hydrogen-bond acceptors (Lipinski definition) is 4. The maximum absolute atomic E-state index is 12.1. The van der Waals surface area contributed by atoms with Gasteiger partial charge in [-0.15, -0.1) is 0 Å². The van der Waals surface area contributed by atoms with Crippen LogP contribution < -0.4 is 5.32 Å². The Labute approximate surface area is 120 Å². The summed E-state index contributed by atoms with van der Waals surface area (Å²) in [5, 5.41) is 8.37. The molecule has 2 heterocycles. The van der Waals surface area contributed by atoms with Gasteiger partial charge in [0.05, 0.1) is 0 Å². The van der Waals surface area contributed by atoms with Crippen LogP contribution in [0.2, 0.25) is 0 Å². The van der Waals surface area contributed by atoms with Crippen molar-refractivity contribution < 1.29 is 9.59 Å². The van der Waals surface area contributed by atoms with Crippen molar-refractivity contribution in [2.24, 2.45) is 5.10 Å². The fraction of sp³-hybridized carbons (Fsp3) is 0.786. The average molecular weight is 280 g/mol. The Bertz CT molecular complexity index is 400. The highest BCUT2D eigenvalue weighted by atomic mass is 16.2. The maximum atomic E-state index is 12.1. The molecule has 0 aromatic carbocycles. The molecule has 0 aromatic heterocycles. The molecule has 0 spiro atoms. The lowest BCUT2D eigenvalue weighted by molar-refractivity contribution is -0.130. The first-order valence-corrected chi connectivity index (χ1v) is 7.47. The van der Waals surface area contributed by atoms with E-state index < -0.39 is 0 Å². The molecule has 0 aliphatic carbocycles. The van der Waals surface area contributed by atoms with Gasteiger partial charge in [-0.25, -0.2) is 5.01 Å². The van der Waals surface area contributed by atoms with Gasteiger partial charge in [-0.3, -0.25) is 9.59 Å². The van der Waals surface area contributed by atoms with Gasteiger partial charge >= 0.3 is 0 Å². The number of amides is 2. The van der Waals surface area contributed by atoms with Gasteiger partial charge < -0.3 is 10.2 Å². The monoisotopic (exact) mass is 280 g/mol. The molecule has 6 nitrogen and oxygen atoms in total. The van der Waals surface area contributed by atoms with Gasteiger partial charge in [0.25, 0.3) is 5.91 Å². The van der Waals surface area contributed by atoms with Crippen molar-refractivity contribution in [2.75, 3.05) is 26.7 Å². The summed E-state index contributed by atoms with van der Waals surface area (Å²) in [6.07, 6.45) is 3.98. The van der Waals surface area contributed by atoms with E-state index in [2.05, 4.69) is 22.2 Å². The van der Waals surface area contributed by atoms with Crippen LogP contribution >= 0.6 is 0 Å². The lowest BCUT2D eigenvalue weighted by atomic mass is 10.0. The molecule has 0 saturated carbocycles. The number of carbonyl (C=O) groups is 2. The Kier molecular flexibility index (Phi) is 5.11. The zero-order valence-electron chi connectivity index (χ0n) is 12.4. The summed E-state index contributed by atoms with van der Waals surface area (Å²) >= 11 is 0. The van der Waals surface area contributed by atoms with Crippen LogP contribution in [-0.4, -0.2) is 60.2 Å². The molecule has 1 N–H and O–H groups in total. The first-order valence-electron chi connectivity index (χ1n) is 7.47. The lowest BCUT2D eigenvalue weighted by Crippen LogP contribution is -2.47. The Morgan fingerprint density at radius 1 is 1.35 bits per heavy atom. The first-order chi connectivity index (χ1) is 9.60. The molecule has 0 aromatic rings. The number of hydrogen-bond donors (Lipinski definition) is 1. The van der Waals surface area contributed by atoms with Crippen LogP contribution in [0.15, 0.2) is 5.10 Å². The van der Waals surface area contributed by atoms with Crippen LogP contribution in [0.1, 0.15) is 39.0 Å². The van der Waals surface area contributed by atoms with Gasteiger partial charge in [-0.05, 0) is 25.8 Å². The van der Waals surface area contributed by atoms with Crippen LogP contribution in [0.3, 0.4) is 0 Å².